The van der Waals surface area contributed by atoms with Crippen LogP contribution < -0.4 is 11.1 Å². The molecule has 2 rings (SSSR count). The average molecular weight is 340 g/mol. The zero-order valence-corrected chi connectivity index (χ0v) is 14.8. The van der Waals surface area contributed by atoms with Crippen molar-refractivity contribution in [2.45, 2.75) is 44.9 Å². The van der Waals surface area contributed by atoms with E-state index >= 15 is 0 Å². The van der Waals surface area contributed by atoms with Crippen LogP contribution in [0.5, 0.6) is 0 Å². The first-order valence-corrected chi connectivity index (χ1v) is 8.36. The summed E-state index contributed by atoms with van der Waals surface area (Å²) < 4.78 is 5.31. The van der Waals surface area contributed by atoms with Crippen LogP contribution in [0.4, 0.5) is 4.79 Å². The summed E-state index contributed by atoms with van der Waals surface area (Å²) in [6.07, 6.45) is 0.506. The van der Waals surface area contributed by atoms with Gasteiger partial charge in [0.2, 0.25) is 0 Å². The molecule has 0 bridgehead atoms. The quantitative estimate of drug-likeness (QED) is 0.885. The van der Waals surface area contributed by atoms with Crippen molar-refractivity contribution >= 4 is 17.7 Å². The number of benzene rings is 1. The molecule has 1 amide bonds. The van der Waals surface area contributed by atoms with E-state index in [1.165, 1.54) is 0 Å². The van der Waals surface area contributed by atoms with Crippen molar-refractivity contribution in [3.05, 3.63) is 34.9 Å². The van der Waals surface area contributed by atoms with E-state index in [-0.39, 0.29) is 18.2 Å². The number of alkyl carbamates (subject to hydrolysis) is 1. The number of halogens is 1. The second kappa shape index (κ2) is 7.51. The molecule has 5 nitrogen and oxygen atoms in total. The van der Waals surface area contributed by atoms with Crippen LogP contribution in [0.3, 0.4) is 0 Å². The summed E-state index contributed by atoms with van der Waals surface area (Å²) in [6, 6.07) is 7.91. The highest BCUT2D eigenvalue weighted by molar-refractivity contribution is 6.31. The molecule has 0 saturated carbocycles. The molecule has 1 unspecified atom stereocenters. The lowest BCUT2D eigenvalue weighted by molar-refractivity contribution is 0.0504. The number of carbonyl (C=O) groups is 1. The van der Waals surface area contributed by atoms with E-state index in [1.54, 1.807) is 0 Å². The maximum Gasteiger partial charge on any atom is 0.407 e. The van der Waals surface area contributed by atoms with Crippen LogP contribution in [0.25, 0.3) is 0 Å². The standard InChI is InChI=1S/C17H26ClN3O2/c1-17(2,3)23-16(22)20-12-8-9-21(11-12)15(10-19)13-6-4-5-7-14(13)18/h4-7,12,15H,8-11,19H2,1-3H3,(H,20,22)/t12?,15-/m0/s1. The first-order chi connectivity index (χ1) is 10.8. The second-order valence-electron chi connectivity index (χ2n) is 6.90. The molecule has 1 aromatic carbocycles. The van der Waals surface area contributed by atoms with Gasteiger partial charge in [0.25, 0.3) is 0 Å². The molecule has 0 radical (unpaired) electrons. The van der Waals surface area contributed by atoms with E-state index < -0.39 is 5.60 Å². The lowest BCUT2D eigenvalue weighted by Crippen LogP contribution is -2.41. The number of rotatable bonds is 4. The summed E-state index contributed by atoms with van der Waals surface area (Å²) in [7, 11) is 0. The minimum Gasteiger partial charge on any atom is -0.444 e. The highest BCUT2D eigenvalue weighted by atomic mass is 35.5. The van der Waals surface area contributed by atoms with Crippen molar-refractivity contribution in [1.82, 2.24) is 10.2 Å². The van der Waals surface area contributed by atoms with Crippen molar-refractivity contribution in [2.75, 3.05) is 19.6 Å². The Balaban J connectivity index is 1.96. The van der Waals surface area contributed by atoms with Crippen LogP contribution in [0, 0.1) is 0 Å². The number of likely N-dealkylation sites (tertiary alicyclic amines) is 1. The van der Waals surface area contributed by atoms with Gasteiger partial charge in [-0.3, -0.25) is 4.90 Å². The number of nitrogens with one attached hydrogen (secondary N) is 1. The number of nitrogens with zero attached hydrogens (tertiary/aromatic N) is 1. The maximum atomic E-state index is 11.9. The Kier molecular flexibility index (Phi) is 5.89. The maximum absolute atomic E-state index is 11.9. The largest absolute Gasteiger partial charge is 0.444 e. The first kappa shape index (κ1) is 18.0. The summed E-state index contributed by atoms with van der Waals surface area (Å²) in [4.78, 5) is 14.2. The third-order valence-corrected chi connectivity index (χ3v) is 4.21. The van der Waals surface area contributed by atoms with Crippen molar-refractivity contribution in [1.29, 1.82) is 0 Å². The molecular weight excluding hydrogens is 314 g/mol. The van der Waals surface area contributed by atoms with E-state index in [2.05, 4.69) is 10.2 Å². The van der Waals surface area contributed by atoms with Gasteiger partial charge in [0.15, 0.2) is 0 Å². The van der Waals surface area contributed by atoms with Crippen LogP contribution >= 0.6 is 11.6 Å². The van der Waals surface area contributed by atoms with Crippen LogP contribution in [-0.4, -0.2) is 42.3 Å². The van der Waals surface area contributed by atoms with Crippen LogP contribution in [0.2, 0.25) is 5.02 Å². The average Bonchev–Trinajstić information content (AvgIpc) is 2.87. The third kappa shape index (κ3) is 5.09. The van der Waals surface area contributed by atoms with E-state index in [9.17, 15) is 4.79 Å². The van der Waals surface area contributed by atoms with Crippen molar-refractivity contribution in [3.63, 3.8) is 0 Å². The summed E-state index contributed by atoms with van der Waals surface area (Å²) in [6.45, 7) is 7.67. The van der Waals surface area contributed by atoms with Crippen LogP contribution in [-0.2, 0) is 4.74 Å². The summed E-state index contributed by atoms with van der Waals surface area (Å²) in [5.41, 5.74) is 6.52. The molecule has 0 aliphatic carbocycles. The highest BCUT2D eigenvalue weighted by Gasteiger charge is 2.31. The van der Waals surface area contributed by atoms with Gasteiger partial charge >= 0.3 is 6.09 Å². The number of carbonyl (C=O) groups excluding carboxylic acids is 1. The van der Waals surface area contributed by atoms with Gasteiger partial charge in [-0.2, -0.15) is 0 Å². The fourth-order valence-electron chi connectivity index (χ4n) is 2.88. The molecule has 0 aromatic heterocycles. The van der Waals surface area contributed by atoms with Crippen molar-refractivity contribution < 1.29 is 9.53 Å². The molecule has 1 fully saturated rings. The molecule has 1 saturated heterocycles. The third-order valence-electron chi connectivity index (χ3n) is 3.87. The summed E-state index contributed by atoms with van der Waals surface area (Å²) in [5, 5.41) is 3.66. The van der Waals surface area contributed by atoms with Gasteiger partial charge in [0, 0.05) is 36.7 Å². The summed E-state index contributed by atoms with van der Waals surface area (Å²) >= 11 is 6.30. The minimum atomic E-state index is -0.486. The predicted molar refractivity (Wildman–Crippen MR) is 92.6 cm³/mol. The van der Waals surface area contributed by atoms with Crippen LogP contribution in [0.1, 0.15) is 38.8 Å². The van der Waals surface area contributed by atoms with Crippen LogP contribution in [0.15, 0.2) is 24.3 Å². The molecule has 1 aromatic rings. The molecule has 128 valence electrons. The molecule has 1 aliphatic rings. The highest BCUT2D eigenvalue weighted by Crippen LogP contribution is 2.29. The second-order valence-corrected chi connectivity index (χ2v) is 7.31. The first-order valence-electron chi connectivity index (χ1n) is 7.98. The van der Waals surface area contributed by atoms with Gasteiger partial charge in [0.1, 0.15) is 5.60 Å². The van der Waals surface area contributed by atoms with Gasteiger partial charge in [0.05, 0.1) is 0 Å². The van der Waals surface area contributed by atoms with E-state index in [4.69, 9.17) is 22.1 Å². The fourth-order valence-corrected chi connectivity index (χ4v) is 3.14. The Morgan fingerprint density at radius 2 is 2.17 bits per heavy atom. The molecule has 6 heteroatoms. The van der Waals surface area contributed by atoms with E-state index in [0.717, 1.165) is 30.1 Å². The summed E-state index contributed by atoms with van der Waals surface area (Å²) in [5.74, 6) is 0. The van der Waals surface area contributed by atoms with E-state index in [1.807, 2.05) is 45.0 Å². The molecular formula is C17H26ClN3O2. The minimum absolute atomic E-state index is 0.0640. The zero-order chi connectivity index (χ0) is 17.0. The molecule has 3 N–H and O–H groups in total. The number of hydrogen-bond acceptors (Lipinski definition) is 4. The smallest absolute Gasteiger partial charge is 0.407 e. The topological polar surface area (TPSA) is 67.6 Å². The van der Waals surface area contributed by atoms with Crippen molar-refractivity contribution in [2.24, 2.45) is 5.73 Å². The zero-order valence-electron chi connectivity index (χ0n) is 14.0. The predicted octanol–water partition coefficient (Wildman–Crippen LogP) is 2.94. The fraction of sp³-hybridized carbons (Fsp3) is 0.588. The van der Waals surface area contributed by atoms with Gasteiger partial charge < -0.3 is 15.8 Å². The Hall–Kier alpha value is -1.30. The Morgan fingerprint density at radius 1 is 1.48 bits per heavy atom. The lowest BCUT2D eigenvalue weighted by Gasteiger charge is -2.28. The van der Waals surface area contributed by atoms with Gasteiger partial charge in [-0.1, -0.05) is 29.8 Å². The number of amides is 1. The number of hydrogen-bond donors (Lipinski definition) is 2. The Morgan fingerprint density at radius 3 is 2.78 bits per heavy atom. The molecule has 1 aliphatic heterocycles. The lowest BCUT2D eigenvalue weighted by atomic mass is 10.1. The molecule has 0 spiro atoms. The molecule has 2 atom stereocenters. The van der Waals surface area contributed by atoms with Gasteiger partial charge in [-0.05, 0) is 38.8 Å². The molecule has 23 heavy (non-hydrogen) atoms. The van der Waals surface area contributed by atoms with Crippen molar-refractivity contribution in [3.8, 4) is 0 Å². The van der Waals surface area contributed by atoms with Gasteiger partial charge in [-0.15, -0.1) is 0 Å². The number of ether oxygens (including phenoxy) is 1. The van der Waals surface area contributed by atoms with Gasteiger partial charge in [-0.25, -0.2) is 4.79 Å². The Bertz CT molecular complexity index is 545. The van der Waals surface area contributed by atoms with E-state index in [0.29, 0.717) is 6.54 Å². The normalized spacial score (nSPS) is 20.3. The Labute approximate surface area is 143 Å². The monoisotopic (exact) mass is 339 g/mol. The molecule has 1 heterocycles. The SMILES string of the molecule is CC(C)(C)OC(=O)NC1CCN([C@@H](CN)c2ccccc2Cl)C1. The number of nitrogens with two attached hydrogens (primary N) is 1.